The summed E-state index contributed by atoms with van der Waals surface area (Å²) in [6.07, 6.45) is 3.26. The average molecular weight is 213 g/mol. The van der Waals surface area contributed by atoms with Crippen molar-refractivity contribution >= 4 is 5.97 Å². The van der Waals surface area contributed by atoms with Gasteiger partial charge < -0.3 is 10.1 Å². The van der Waals surface area contributed by atoms with E-state index in [1.54, 1.807) is 6.08 Å². The van der Waals surface area contributed by atoms with E-state index < -0.39 is 5.60 Å². The van der Waals surface area contributed by atoms with Crippen LogP contribution in [0.4, 0.5) is 0 Å². The molecule has 0 saturated heterocycles. The van der Waals surface area contributed by atoms with Crippen LogP contribution < -0.4 is 5.32 Å². The predicted molar refractivity (Wildman–Crippen MR) is 62.7 cm³/mol. The van der Waals surface area contributed by atoms with Crippen molar-refractivity contribution in [2.75, 3.05) is 13.1 Å². The van der Waals surface area contributed by atoms with Gasteiger partial charge in [0.2, 0.25) is 0 Å². The van der Waals surface area contributed by atoms with Gasteiger partial charge in [0.15, 0.2) is 0 Å². The summed E-state index contributed by atoms with van der Waals surface area (Å²) < 4.78 is 5.11. The molecular formula is C12H23NO2. The van der Waals surface area contributed by atoms with Gasteiger partial charge in [-0.2, -0.15) is 0 Å². The topological polar surface area (TPSA) is 38.3 Å². The number of carbonyl (C=O) groups excluding carboxylic acids is 1. The Hall–Kier alpha value is -0.830. The molecule has 0 aliphatic carbocycles. The summed E-state index contributed by atoms with van der Waals surface area (Å²) in [6.45, 7) is 11.5. The number of esters is 1. The Morgan fingerprint density at radius 1 is 1.40 bits per heavy atom. The standard InChI is InChI=1S/C12H23NO2/c1-10(2)9-13-8-6-7-11(14)15-12(3,4)5/h6-7,10,13H,8-9H2,1-5H3/b7-6+. The molecule has 0 unspecified atom stereocenters. The van der Waals surface area contributed by atoms with E-state index in [9.17, 15) is 4.79 Å². The molecule has 0 aromatic carbocycles. The fraction of sp³-hybridized carbons (Fsp3) is 0.750. The first kappa shape index (κ1) is 14.2. The van der Waals surface area contributed by atoms with Crippen molar-refractivity contribution in [2.24, 2.45) is 5.92 Å². The van der Waals surface area contributed by atoms with Gasteiger partial charge in [-0.3, -0.25) is 0 Å². The fourth-order valence-corrected chi connectivity index (χ4v) is 0.946. The SMILES string of the molecule is CC(C)CNC/C=C/C(=O)OC(C)(C)C. The van der Waals surface area contributed by atoms with Gasteiger partial charge in [-0.15, -0.1) is 0 Å². The van der Waals surface area contributed by atoms with Crippen LogP contribution in [0.3, 0.4) is 0 Å². The van der Waals surface area contributed by atoms with Crippen molar-refractivity contribution in [1.29, 1.82) is 0 Å². The summed E-state index contributed by atoms with van der Waals surface area (Å²) in [7, 11) is 0. The highest BCUT2D eigenvalue weighted by atomic mass is 16.6. The fourth-order valence-electron chi connectivity index (χ4n) is 0.946. The highest BCUT2D eigenvalue weighted by Gasteiger charge is 2.13. The first-order chi connectivity index (χ1) is 6.81. The van der Waals surface area contributed by atoms with Gasteiger partial charge in [0.25, 0.3) is 0 Å². The van der Waals surface area contributed by atoms with E-state index in [2.05, 4.69) is 19.2 Å². The minimum absolute atomic E-state index is 0.283. The predicted octanol–water partition coefficient (Wildman–Crippen LogP) is 2.13. The Morgan fingerprint density at radius 2 is 2.00 bits per heavy atom. The molecule has 0 atom stereocenters. The Kier molecular flexibility index (Phi) is 6.25. The summed E-state index contributed by atoms with van der Waals surface area (Å²) in [5, 5.41) is 3.21. The Labute approximate surface area is 92.9 Å². The summed E-state index contributed by atoms with van der Waals surface area (Å²) in [4.78, 5) is 11.2. The molecule has 1 N–H and O–H groups in total. The molecule has 0 fully saturated rings. The second kappa shape index (κ2) is 6.62. The van der Waals surface area contributed by atoms with Gasteiger partial charge in [-0.05, 0) is 33.2 Å². The van der Waals surface area contributed by atoms with Crippen molar-refractivity contribution in [3.63, 3.8) is 0 Å². The number of carbonyl (C=O) groups is 1. The van der Waals surface area contributed by atoms with Crippen molar-refractivity contribution in [2.45, 2.75) is 40.2 Å². The molecule has 3 nitrogen and oxygen atoms in total. The molecule has 0 aliphatic rings. The van der Waals surface area contributed by atoms with Crippen LogP contribution in [0.25, 0.3) is 0 Å². The van der Waals surface area contributed by atoms with E-state index >= 15 is 0 Å². The second-order valence-electron chi connectivity index (χ2n) is 4.99. The monoisotopic (exact) mass is 213 g/mol. The van der Waals surface area contributed by atoms with Crippen molar-refractivity contribution in [1.82, 2.24) is 5.32 Å². The third-order valence-corrected chi connectivity index (χ3v) is 1.48. The minimum atomic E-state index is -0.410. The van der Waals surface area contributed by atoms with Crippen LogP contribution in [-0.2, 0) is 9.53 Å². The Balaban J connectivity index is 3.64. The molecule has 0 amide bonds. The normalized spacial score (nSPS) is 12.4. The summed E-state index contributed by atoms with van der Waals surface area (Å²) >= 11 is 0. The van der Waals surface area contributed by atoms with Gasteiger partial charge in [0.05, 0.1) is 0 Å². The number of ether oxygens (including phenoxy) is 1. The second-order valence-corrected chi connectivity index (χ2v) is 4.99. The largest absolute Gasteiger partial charge is 0.457 e. The third-order valence-electron chi connectivity index (χ3n) is 1.48. The molecule has 15 heavy (non-hydrogen) atoms. The molecule has 0 aromatic rings. The first-order valence-electron chi connectivity index (χ1n) is 5.41. The van der Waals surface area contributed by atoms with Crippen LogP contribution in [-0.4, -0.2) is 24.7 Å². The Bertz CT molecular complexity index is 214. The highest BCUT2D eigenvalue weighted by molar-refractivity contribution is 5.82. The lowest BCUT2D eigenvalue weighted by molar-refractivity contribution is -0.148. The number of hydrogen-bond acceptors (Lipinski definition) is 3. The summed E-state index contributed by atoms with van der Waals surface area (Å²) in [6, 6.07) is 0. The molecule has 3 heteroatoms. The third kappa shape index (κ3) is 11.1. The van der Waals surface area contributed by atoms with Crippen LogP contribution in [0, 0.1) is 5.92 Å². The molecule has 0 aliphatic heterocycles. The lowest BCUT2D eigenvalue weighted by Gasteiger charge is -2.17. The van der Waals surface area contributed by atoms with Gasteiger partial charge in [-0.1, -0.05) is 19.9 Å². The van der Waals surface area contributed by atoms with Gasteiger partial charge in [0.1, 0.15) is 5.60 Å². The molecular weight excluding hydrogens is 190 g/mol. The molecule has 0 rings (SSSR count). The molecule has 0 aromatic heterocycles. The quantitative estimate of drug-likeness (QED) is 0.432. The Morgan fingerprint density at radius 3 is 2.47 bits per heavy atom. The van der Waals surface area contributed by atoms with E-state index in [1.165, 1.54) is 6.08 Å². The summed E-state index contributed by atoms with van der Waals surface area (Å²) in [5.41, 5.74) is -0.410. The van der Waals surface area contributed by atoms with Crippen molar-refractivity contribution in [3.05, 3.63) is 12.2 Å². The van der Waals surface area contributed by atoms with Crippen molar-refractivity contribution in [3.8, 4) is 0 Å². The van der Waals surface area contributed by atoms with Crippen LogP contribution in [0.15, 0.2) is 12.2 Å². The van der Waals surface area contributed by atoms with Crippen LogP contribution >= 0.6 is 0 Å². The highest BCUT2D eigenvalue weighted by Crippen LogP contribution is 2.06. The summed E-state index contributed by atoms with van der Waals surface area (Å²) in [5.74, 6) is 0.341. The van der Waals surface area contributed by atoms with Gasteiger partial charge >= 0.3 is 5.97 Å². The minimum Gasteiger partial charge on any atom is -0.457 e. The maximum absolute atomic E-state index is 11.2. The smallest absolute Gasteiger partial charge is 0.330 e. The lowest BCUT2D eigenvalue weighted by atomic mass is 10.2. The average Bonchev–Trinajstić information content (AvgIpc) is 1.99. The number of hydrogen-bond donors (Lipinski definition) is 1. The zero-order valence-electron chi connectivity index (χ0n) is 10.5. The van der Waals surface area contributed by atoms with E-state index in [-0.39, 0.29) is 5.97 Å². The first-order valence-corrected chi connectivity index (χ1v) is 5.41. The van der Waals surface area contributed by atoms with Crippen LogP contribution in [0.2, 0.25) is 0 Å². The molecule has 0 saturated carbocycles. The lowest BCUT2D eigenvalue weighted by Crippen LogP contribution is -2.23. The zero-order valence-corrected chi connectivity index (χ0v) is 10.5. The molecule has 0 radical (unpaired) electrons. The molecule has 0 spiro atoms. The van der Waals surface area contributed by atoms with E-state index in [0.717, 1.165) is 6.54 Å². The van der Waals surface area contributed by atoms with Crippen LogP contribution in [0.5, 0.6) is 0 Å². The van der Waals surface area contributed by atoms with Crippen molar-refractivity contribution < 1.29 is 9.53 Å². The zero-order chi connectivity index (χ0) is 11.9. The maximum Gasteiger partial charge on any atom is 0.330 e. The molecule has 0 bridgehead atoms. The van der Waals surface area contributed by atoms with E-state index in [1.807, 2.05) is 20.8 Å². The molecule has 88 valence electrons. The van der Waals surface area contributed by atoms with Gasteiger partial charge in [-0.25, -0.2) is 4.79 Å². The number of nitrogens with one attached hydrogen (secondary N) is 1. The number of rotatable bonds is 5. The van der Waals surface area contributed by atoms with E-state index in [0.29, 0.717) is 12.5 Å². The van der Waals surface area contributed by atoms with Gasteiger partial charge in [0, 0.05) is 12.6 Å². The van der Waals surface area contributed by atoms with Crippen LogP contribution in [0.1, 0.15) is 34.6 Å². The maximum atomic E-state index is 11.2. The molecule has 0 heterocycles. The van der Waals surface area contributed by atoms with E-state index in [4.69, 9.17) is 4.74 Å².